The van der Waals surface area contributed by atoms with Crippen LogP contribution in [0, 0.1) is 10.1 Å². The topological polar surface area (TPSA) is 105 Å². The van der Waals surface area contributed by atoms with Crippen LogP contribution in [0.15, 0.2) is 33.9 Å². The van der Waals surface area contributed by atoms with Gasteiger partial charge < -0.3 is 4.57 Å². The molecule has 0 unspecified atom stereocenters. The van der Waals surface area contributed by atoms with Gasteiger partial charge >= 0.3 is 5.69 Å². The third-order valence-corrected chi connectivity index (χ3v) is 4.11. The molecule has 0 amide bonds. The van der Waals surface area contributed by atoms with E-state index in [-0.39, 0.29) is 28.7 Å². The van der Waals surface area contributed by atoms with Crippen LogP contribution in [0.5, 0.6) is 0 Å². The molecule has 0 aliphatic carbocycles. The van der Waals surface area contributed by atoms with E-state index in [1.165, 1.54) is 29.3 Å². The molecule has 10 heteroatoms. The molecule has 1 aromatic carbocycles. The molecule has 0 saturated heterocycles. The molecule has 0 spiro atoms. The molecule has 0 radical (unpaired) electrons. The molecule has 24 heavy (non-hydrogen) atoms. The predicted octanol–water partition coefficient (Wildman–Crippen LogP) is 1.04. The van der Waals surface area contributed by atoms with Gasteiger partial charge in [0.05, 0.1) is 11.5 Å². The van der Waals surface area contributed by atoms with E-state index in [2.05, 4.69) is 4.98 Å². The van der Waals surface area contributed by atoms with Crippen LogP contribution in [0.2, 0.25) is 5.28 Å². The van der Waals surface area contributed by atoms with Gasteiger partial charge in [0, 0.05) is 25.7 Å². The zero-order chi connectivity index (χ0) is 17.6. The first-order valence-corrected chi connectivity index (χ1v) is 7.24. The first kappa shape index (κ1) is 15.9. The van der Waals surface area contributed by atoms with Gasteiger partial charge in [-0.25, -0.2) is 4.79 Å². The van der Waals surface area contributed by atoms with Crippen molar-refractivity contribution in [1.29, 1.82) is 0 Å². The number of hydrogen-bond acceptors (Lipinski definition) is 5. The Hall–Kier alpha value is -2.94. The number of aromatic nitrogens is 4. The van der Waals surface area contributed by atoms with E-state index in [9.17, 15) is 19.7 Å². The smallest absolute Gasteiger partial charge is 0.304 e. The van der Waals surface area contributed by atoms with Gasteiger partial charge in [-0.05, 0) is 11.6 Å². The summed E-state index contributed by atoms with van der Waals surface area (Å²) in [4.78, 5) is 39.1. The van der Waals surface area contributed by atoms with E-state index in [4.69, 9.17) is 11.6 Å². The second-order valence-electron chi connectivity index (χ2n) is 5.23. The maximum absolute atomic E-state index is 12.4. The monoisotopic (exact) mass is 349 g/mol. The van der Waals surface area contributed by atoms with Crippen LogP contribution in [0.1, 0.15) is 5.56 Å². The van der Waals surface area contributed by atoms with E-state index < -0.39 is 16.2 Å². The van der Waals surface area contributed by atoms with Crippen molar-refractivity contribution in [1.82, 2.24) is 18.7 Å². The van der Waals surface area contributed by atoms with E-state index in [1.807, 2.05) is 0 Å². The molecule has 0 N–H and O–H groups in total. The van der Waals surface area contributed by atoms with Crippen LogP contribution in [-0.2, 0) is 20.6 Å². The van der Waals surface area contributed by atoms with Crippen molar-refractivity contribution in [2.75, 3.05) is 0 Å². The number of benzene rings is 1. The highest BCUT2D eigenvalue weighted by molar-refractivity contribution is 6.29. The minimum Gasteiger partial charge on any atom is -0.304 e. The molecule has 9 nitrogen and oxygen atoms in total. The van der Waals surface area contributed by atoms with Gasteiger partial charge in [0.2, 0.25) is 5.28 Å². The minimum absolute atomic E-state index is 0.0140. The van der Waals surface area contributed by atoms with E-state index in [1.54, 1.807) is 18.2 Å². The summed E-state index contributed by atoms with van der Waals surface area (Å²) in [5.74, 6) is 0. The molecule has 0 fully saturated rings. The van der Waals surface area contributed by atoms with Gasteiger partial charge in [-0.3, -0.25) is 24.0 Å². The average molecular weight is 350 g/mol. The van der Waals surface area contributed by atoms with Crippen LogP contribution in [0.25, 0.3) is 11.2 Å². The predicted molar refractivity (Wildman–Crippen MR) is 87.4 cm³/mol. The van der Waals surface area contributed by atoms with E-state index in [0.717, 1.165) is 4.57 Å². The fourth-order valence-corrected chi connectivity index (χ4v) is 2.78. The molecule has 0 aliphatic rings. The number of nitro benzene ring substituents is 1. The van der Waals surface area contributed by atoms with Gasteiger partial charge in [-0.1, -0.05) is 18.2 Å². The minimum atomic E-state index is -0.564. The zero-order valence-corrected chi connectivity index (χ0v) is 13.5. The Bertz CT molecular complexity index is 1090. The SMILES string of the molecule is Cn1c(=O)c2c(nc(Cl)n2Cc2ccccc2[N+](=O)[O-])n(C)c1=O. The maximum atomic E-state index is 12.4. The molecule has 124 valence electrons. The second kappa shape index (κ2) is 5.60. The lowest BCUT2D eigenvalue weighted by Gasteiger charge is -2.08. The number of hydrogen-bond donors (Lipinski definition) is 0. The second-order valence-corrected chi connectivity index (χ2v) is 5.57. The van der Waals surface area contributed by atoms with Gasteiger partial charge in [-0.15, -0.1) is 0 Å². The first-order chi connectivity index (χ1) is 11.3. The summed E-state index contributed by atoms with van der Waals surface area (Å²) in [7, 11) is 2.82. The van der Waals surface area contributed by atoms with Crippen molar-refractivity contribution in [2.24, 2.45) is 14.1 Å². The molecule has 2 heterocycles. The molecule has 2 aromatic heterocycles. The normalized spacial score (nSPS) is 11.1. The summed E-state index contributed by atoms with van der Waals surface area (Å²) in [5.41, 5.74) is -0.559. The zero-order valence-electron chi connectivity index (χ0n) is 12.8. The Morgan fingerprint density at radius 2 is 1.88 bits per heavy atom. The van der Waals surface area contributed by atoms with Crippen LogP contribution in [-0.4, -0.2) is 23.6 Å². The fourth-order valence-electron chi connectivity index (χ4n) is 2.56. The summed E-state index contributed by atoms with van der Waals surface area (Å²) >= 11 is 6.12. The molecular formula is C14H12ClN5O4. The standard InChI is InChI=1S/C14H12ClN5O4/c1-17-11-10(12(21)18(2)14(17)22)19(13(15)16-11)7-8-5-3-4-6-9(8)20(23)24/h3-6H,7H2,1-2H3. The summed E-state index contributed by atoms with van der Waals surface area (Å²) in [5, 5.41) is 11.1. The van der Waals surface area contributed by atoms with Crippen LogP contribution < -0.4 is 11.2 Å². The number of rotatable bonds is 3. The Morgan fingerprint density at radius 1 is 1.21 bits per heavy atom. The summed E-state index contributed by atoms with van der Waals surface area (Å²) in [6.07, 6.45) is 0. The van der Waals surface area contributed by atoms with Crippen LogP contribution in [0.3, 0.4) is 0 Å². The lowest BCUT2D eigenvalue weighted by atomic mass is 10.2. The Balaban J connectivity index is 2.30. The highest BCUT2D eigenvalue weighted by Gasteiger charge is 2.20. The van der Waals surface area contributed by atoms with Crippen molar-refractivity contribution >= 4 is 28.5 Å². The molecule has 0 atom stereocenters. The van der Waals surface area contributed by atoms with Gasteiger partial charge in [0.25, 0.3) is 11.2 Å². The summed E-state index contributed by atoms with van der Waals surface area (Å²) < 4.78 is 3.51. The molecule has 0 saturated carbocycles. The van der Waals surface area contributed by atoms with Crippen molar-refractivity contribution in [3.05, 3.63) is 66.1 Å². The van der Waals surface area contributed by atoms with Crippen LogP contribution in [0.4, 0.5) is 5.69 Å². The third kappa shape index (κ3) is 2.29. The van der Waals surface area contributed by atoms with Gasteiger partial charge in [-0.2, -0.15) is 4.98 Å². The number of nitrogens with zero attached hydrogens (tertiary/aromatic N) is 5. The number of aryl methyl sites for hydroxylation is 1. The molecular weight excluding hydrogens is 338 g/mol. The number of imidazole rings is 1. The van der Waals surface area contributed by atoms with Crippen molar-refractivity contribution < 1.29 is 4.92 Å². The summed E-state index contributed by atoms with van der Waals surface area (Å²) in [6, 6.07) is 6.16. The Labute approximate surface area is 139 Å². The lowest BCUT2D eigenvalue weighted by Crippen LogP contribution is -2.37. The highest BCUT2D eigenvalue weighted by Crippen LogP contribution is 2.23. The van der Waals surface area contributed by atoms with Crippen LogP contribution >= 0.6 is 11.6 Å². The molecule has 3 aromatic rings. The quantitative estimate of drug-likeness (QED) is 0.399. The first-order valence-electron chi connectivity index (χ1n) is 6.87. The highest BCUT2D eigenvalue weighted by atomic mass is 35.5. The van der Waals surface area contributed by atoms with Crippen molar-refractivity contribution in [3.63, 3.8) is 0 Å². The average Bonchev–Trinajstić information content (AvgIpc) is 2.88. The van der Waals surface area contributed by atoms with E-state index in [0.29, 0.717) is 5.56 Å². The number of halogens is 1. The number of fused-ring (bicyclic) bond motifs is 1. The molecule has 0 bridgehead atoms. The molecule has 0 aliphatic heterocycles. The van der Waals surface area contributed by atoms with Gasteiger partial charge in [0.15, 0.2) is 11.2 Å². The molecule has 3 rings (SSSR count). The third-order valence-electron chi connectivity index (χ3n) is 3.82. The Morgan fingerprint density at radius 3 is 2.54 bits per heavy atom. The number of para-hydroxylation sites is 1. The van der Waals surface area contributed by atoms with Crippen molar-refractivity contribution in [3.8, 4) is 0 Å². The van der Waals surface area contributed by atoms with E-state index >= 15 is 0 Å². The maximum Gasteiger partial charge on any atom is 0.332 e. The fraction of sp³-hybridized carbons (Fsp3) is 0.214. The lowest BCUT2D eigenvalue weighted by molar-refractivity contribution is -0.385. The summed E-state index contributed by atoms with van der Waals surface area (Å²) in [6.45, 7) is -0.0140. The largest absolute Gasteiger partial charge is 0.332 e. The van der Waals surface area contributed by atoms with Crippen molar-refractivity contribution in [2.45, 2.75) is 6.54 Å². The Kier molecular flexibility index (Phi) is 3.72. The van der Waals surface area contributed by atoms with Gasteiger partial charge in [0.1, 0.15) is 0 Å². The number of nitro groups is 1.